The molecule has 216 valence electrons. The summed E-state index contributed by atoms with van der Waals surface area (Å²) in [6.07, 6.45) is 0.158. The van der Waals surface area contributed by atoms with Gasteiger partial charge in [-0.3, -0.25) is 19.4 Å². The standard InChI is InChI=1S/C28H28N6O3S2.2BrH/c1-2-28(20-12-6-3-7-13-20)23(35)33(18-38-25(29)31-21-14-8-4-9-15-21)27(37)34(24(28)36)19-39-26(30)32-22-16-10-5-11-17-22;;/h3-17H,2,18-19H2,1H3,(H2,29,31)(H2,30,32);2*1H. The zero-order valence-corrected chi connectivity index (χ0v) is 27.1. The fourth-order valence-corrected chi connectivity index (χ4v) is 5.48. The van der Waals surface area contributed by atoms with Gasteiger partial charge in [0, 0.05) is 0 Å². The van der Waals surface area contributed by atoms with Crippen molar-refractivity contribution in [2.45, 2.75) is 18.8 Å². The van der Waals surface area contributed by atoms with Gasteiger partial charge in [0.25, 0.3) is 11.8 Å². The first-order valence-electron chi connectivity index (χ1n) is 12.1. The summed E-state index contributed by atoms with van der Waals surface area (Å²) in [6.45, 7) is 1.76. The second kappa shape index (κ2) is 15.8. The summed E-state index contributed by atoms with van der Waals surface area (Å²) in [4.78, 5) is 52.1. The largest absolute Gasteiger partial charge is 0.378 e. The van der Waals surface area contributed by atoms with Gasteiger partial charge in [0.1, 0.15) is 0 Å². The van der Waals surface area contributed by atoms with Gasteiger partial charge in [-0.2, -0.15) is 0 Å². The van der Waals surface area contributed by atoms with Crippen LogP contribution in [0.4, 0.5) is 16.2 Å². The molecule has 1 aliphatic heterocycles. The number of nitrogens with zero attached hydrogens (tertiary/aromatic N) is 4. The maximum atomic E-state index is 13.9. The molecule has 0 aromatic heterocycles. The Labute approximate surface area is 268 Å². The van der Waals surface area contributed by atoms with Crippen LogP contribution >= 0.6 is 57.5 Å². The number of amidine groups is 2. The molecule has 0 bridgehead atoms. The van der Waals surface area contributed by atoms with Crippen LogP contribution in [-0.2, 0) is 15.0 Å². The van der Waals surface area contributed by atoms with Crippen LogP contribution in [0, 0.1) is 0 Å². The predicted molar refractivity (Wildman–Crippen MR) is 179 cm³/mol. The van der Waals surface area contributed by atoms with Crippen molar-refractivity contribution in [1.82, 2.24) is 9.80 Å². The molecule has 1 fully saturated rings. The second-order valence-electron chi connectivity index (χ2n) is 8.49. The van der Waals surface area contributed by atoms with Gasteiger partial charge >= 0.3 is 6.03 Å². The Morgan fingerprint density at radius 3 is 1.41 bits per heavy atom. The Hall–Kier alpha value is -3.13. The van der Waals surface area contributed by atoms with Crippen LogP contribution in [0.25, 0.3) is 0 Å². The Kier molecular flexibility index (Phi) is 13.1. The number of amides is 4. The number of carbonyl (C=O) groups is 3. The molecule has 1 saturated heterocycles. The van der Waals surface area contributed by atoms with Crippen molar-refractivity contribution < 1.29 is 14.4 Å². The third-order valence-electron chi connectivity index (χ3n) is 6.15. The monoisotopic (exact) mass is 720 g/mol. The Bertz CT molecular complexity index is 1310. The van der Waals surface area contributed by atoms with Crippen LogP contribution in [0.15, 0.2) is 101 Å². The second-order valence-corrected chi connectivity index (χ2v) is 10.4. The number of aliphatic imine (C=N–C) groups is 2. The molecular formula is C28H30Br2N6O3S2. The normalized spacial score (nSPS) is 17.6. The number of imide groups is 2. The van der Waals surface area contributed by atoms with Gasteiger partial charge in [0.2, 0.25) is 0 Å². The van der Waals surface area contributed by atoms with E-state index in [0.717, 1.165) is 33.3 Å². The van der Waals surface area contributed by atoms with Crippen LogP contribution in [-0.4, -0.2) is 49.7 Å². The van der Waals surface area contributed by atoms with Crippen LogP contribution in [0.5, 0.6) is 0 Å². The van der Waals surface area contributed by atoms with Crippen molar-refractivity contribution in [2.75, 3.05) is 11.8 Å². The summed E-state index contributed by atoms with van der Waals surface area (Å²) in [7, 11) is 0. The average Bonchev–Trinajstić information content (AvgIpc) is 2.95. The number of halogens is 2. The zero-order chi connectivity index (χ0) is 27.8. The first kappa shape index (κ1) is 34.1. The number of thioether (sulfide) groups is 2. The van der Waals surface area contributed by atoms with Crippen molar-refractivity contribution >= 4 is 97.0 Å². The summed E-state index contributed by atoms with van der Waals surface area (Å²) in [5.41, 5.74) is 12.4. The van der Waals surface area contributed by atoms with Crippen molar-refractivity contribution in [3.8, 4) is 0 Å². The van der Waals surface area contributed by atoms with E-state index in [1.165, 1.54) is 0 Å². The number of hydrogen-bond donors (Lipinski definition) is 2. The number of nitrogens with two attached hydrogens (primary N) is 2. The highest BCUT2D eigenvalue weighted by Crippen LogP contribution is 2.38. The molecule has 41 heavy (non-hydrogen) atoms. The van der Waals surface area contributed by atoms with Gasteiger partial charge in [0.05, 0.1) is 23.1 Å². The number of rotatable bonds is 8. The van der Waals surface area contributed by atoms with E-state index in [2.05, 4.69) is 9.98 Å². The van der Waals surface area contributed by atoms with Gasteiger partial charge in [-0.25, -0.2) is 14.8 Å². The first-order chi connectivity index (χ1) is 18.9. The minimum atomic E-state index is -1.58. The molecule has 0 aliphatic carbocycles. The van der Waals surface area contributed by atoms with Crippen molar-refractivity contribution in [1.29, 1.82) is 0 Å². The number of benzene rings is 3. The lowest BCUT2D eigenvalue weighted by molar-refractivity contribution is -0.151. The molecule has 0 saturated carbocycles. The summed E-state index contributed by atoms with van der Waals surface area (Å²) in [6, 6.07) is 26.3. The Balaban J connectivity index is 0.00000294. The molecule has 9 nitrogen and oxygen atoms in total. The number of para-hydroxylation sites is 2. The molecule has 4 N–H and O–H groups in total. The molecule has 4 amide bonds. The lowest BCUT2D eigenvalue weighted by Crippen LogP contribution is -2.66. The molecule has 3 aromatic rings. The molecule has 0 spiro atoms. The first-order valence-corrected chi connectivity index (χ1v) is 14.1. The quantitative estimate of drug-likeness (QED) is 0.167. The minimum Gasteiger partial charge on any atom is -0.378 e. The molecular weight excluding hydrogens is 692 g/mol. The van der Waals surface area contributed by atoms with E-state index >= 15 is 0 Å². The molecule has 0 radical (unpaired) electrons. The van der Waals surface area contributed by atoms with Gasteiger partial charge in [-0.15, -0.1) is 34.0 Å². The van der Waals surface area contributed by atoms with Crippen molar-refractivity contribution in [2.24, 2.45) is 21.5 Å². The lowest BCUT2D eigenvalue weighted by Gasteiger charge is -2.43. The number of carbonyl (C=O) groups excluding carboxylic acids is 3. The predicted octanol–water partition coefficient (Wildman–Crippen LogP) is 5.96. The molecule has 0 unspecified atom stereocenters. The number of hydrogen-bond acceptors (Lipinski definition) is 7. The van der Waals surface area contributed by atoms with Gasteiger partial charge < -0.3 is 11.5 Å². The summed E-state index contributed by atoms with van der Waals surface area (Å²) < 4.78 is 0. The van der Waals surface area contributed by atoms with E-state index in [9.17, 15) is 14.4 Å². The number of barbiturate groups is 1. The van der Waals surface area contributed by atoms with Gasteiger partial charge in [-0.05, 0) is 36.2 Å². The Morgan fingerprint density at radius 2 is 1.05 bits per heavy atom. The van der Waals surface area contributed by atoms with Crippen LogP contribution in [0.1, 0.15) is 18.9 Å². The fraction of sp³-hybridized carbons (Fsp3) is 0.179. The highest BCUT2D eigenvalue weighted by molar-refractivity contribution is 8.93. The van der Waals surface area contributed by atoms with E-state index in [1.54, 1.807) is 61.5 Å². The minimum absolute atomic E-state index is 0. The SMILES string of the molecule is Br.Br.CCC1(c2ccccc2)C(=O)N(CSC(N)=Nc2ccccc2)C(=O)N(CSC(N)=Nc2ccccc2)C1=O. The number of urea groups is 1. The van der Waals surface area contributed by atoms with Crippen molar-refractivity contribution in [3.05, 3.63) is 96.6 Å². The van der Waals surface area contributed by atoms with Crippen LogP contribution in [0.3, 0.4) is 0 Å². The van der Waals surface area contributed by atoms with Crippen molar-refractivity contribution in [3.63, 3.8) is 0 Å². The Morgan fingerprint density at radius 1 is 0.683 bits per heavy atom. The summed E-state index contributed by atoms with van der Waals surface area (Å²) in [5, 5.41) is 0.362. The van der Waals surface area contributed by atoms with Crippen LogP contribution in [0.2, 0.25) is 0 Å². The highest BCUT2D eigenvalue weighted by atomic mass is 79.9. The lowest BCUT2D eigenvalue weighted by atomic mass is 9.74. The third-order valence-corrected chi connectivity index (χ3v) is 7.70. The fourth-order valence-electron chi connectivity index (χ4n) is 4.16. The highest BCUT2D eigenvalue weighted by Gasteiger charge is 2.57. The summed E-state index contributed by atoms with van der Waals surface area (Å²) >= 11 is 2.08. The van der Waals surface area contributed by atoms with Gasteiger partial charge in [0.15, 0.2) is 15.8 Å². The van der Waals surface area contributed by atoms with Gasteiger partial charge in [-0.1, -0.05) is 97.2 Å². The maximum Gasteiger partial charge on any atom is 0.335 e. The summed E-state index contributed by atoms with van der Waals surface area (Å²) in [5.74, 6) is -1.43. The average molecular weight is 723 g/mol. The molecule has 0 atom stereocenters. The smallest absolute Gasteiger partial charge is 0.335 e. The molecule has 4 rings (SSSR count). The third kappa shape index (κ3) is 7.79. The molecule has 3 aromatic carbocycles. The molecule has 1 heterocycles. The van der Waals surface area contributed by atoms with E-state index < -0.39 is 23.3 Å². The molecule has 13 heteroatoms. The zero-order valence-electron chi connectivity index (χ0n) is 22.1. The molecule has 1 aliphatic rings. The van der Waals surface area contributed by atoms with Crippen LogP contribution < -0.4 is 11.5 Å². The topological polar surface area (TPSA) is 134 Å². The van der Waals surface area contributed by atoms with E-state index in [1.807, 2.05) is 36.4 Å². The van der Waals surface area contributed by atoms with E-state index in [-0.39, 0.29) is 62.5 Å². The maximum absolute atomic E-state index is 13.9. The van der Waals surface area contributed by atoms with E-state index in [0.29, 0.717) is 16.9 Å². The van der Waals surface area contributed by atoms with E-state index in [4.69, 9.17) is 11.5 Å².